The van der Waals surface area contributed by atoms with Crippen molar-refractivity contribution in [3.63, 3.8) is 0 Å². The monoisotopic (exact) mass is 230 g/mol. The summed E-state index contributed by atoms with van der Waals surface area (Å²) in [5.41, 5.74) is 4.12. The first kappa shape index (κ1) is 12.2. The van der Waals surface area contributed by atoms with Crippen LogP contribution in [0.15, 0.2) is 36.4 Å². The minimum atomic E-state index is 0.589. The number of likely N-dealkylation sites (N-methyl/N-ethyl adjacent to an activating group) is 1. The number of nitrogens with one attached hydrogen (secondary N) is 1. The molecule has 1 unspecified atom stereocenters. The topological polar surface area (TPSA) is 15.3 Å². The van der Waals surface area contributed by atoms with Crippen LogP contribution in [0.3, 0.4) is 0 Å². The van der Waals surface area contributed by atoms with E-state index in [-0.39, 0.29) is 0 Å². The molecule has 0 bridgehead atoms. The van der Waals surface area contributed by atoms with Gasteiger partial charge in [0.25, 0.3) is 0 Å². The first-order valence-electron chi connectivity index (χ1n) is 6.44. The number of fused-ring (bicyclic) bond motifs is 1. The molecule has 1 aliphatic heterocycles. The molecule has 1 aliphatic rings. The molecule has 0 fully saturated rings. The highest BCUT2D eigenvalue weighted by molar-refractivity contribution is 5.59. The van der Waals surface area contributed by atoms with E-state index in [0.717, 1.165) is 26.1 Å². The van der Waals surface area contributed by atoms with Crippen LogP contribution in [0.25, 0.3) is 0 Å². The fraction of sp³-hybridized carbons (Fsp3) is 0.467. The highest BCUT2D eigenvalue weighted by Gasteiger charge is 2.25. The van der Waals surface area contributed by atoms with Crippen molar-refractivity contribution < 1.29 is 0 Å². The van der Waals surface area contributed by atoms with Gasteiger partial charge in [-0.05, 0) is 37.1 Å². The van der Waals surface area contributed by atoms with Crippen molar-refractivity contribution in [2.45, 2.75) is 26.3 Å². The maximum atomic E-state index is 4.16. The van der Waals surface area contributed by atoms with E-state index in [2.05, 4.69) is 54.9 Å². The minimum absolute atomic E-state index is 0.589. The second-order valence-corrected chi connectivity index (χ2v) is 4.84. The third-order valence-corrected chi connectivity index (χ3v) is 3.37. The molecule has 2 rings (SSSR count). The Morgan fingerprint density at radius 2 is 2.24 bits per heavy atom. The largest absolute Gasteiger partial charge is 0.364 e. The summed E-state index contributed by atoms with van der Waals surface area (Å²) in [5.74, 6) is 0. The van der Waals surface area contributed by atoms with E-state index in [0.29, 0.717) is 6.04 Å². The fourth-order valence-electron chi connectivity index (χ4n) is 2.47. The number of nitrogens with zero attached hydrogens (tertiary/aromatic N) is 1. The Kier molecular flexibility index (Phi) is 3.85. The van der Waals surface area contributed by atoms with Gasteiger partial charge < -0.3 is 10.2 Å². The van der Waals surface area contributed by atoms with Crippen LogP contribution in [-0.4, -0.2) is 25.7 Å². The first-order valence-corrected chi connectivity index (χ1v) is 6.44. The molecule has 1 aromatic rings. The van der Waals surface area contributed by atoms with Gasteiger partial charge in [0.15, 0.2) is 0 Å². The summed E-state index contributed by atoms with van der Waals surface area (Å²) < 4.78 is 0. The molecule has 1 atom stereocenters. The summed E-state index contributed by atoms with van der Waals surface area (Å²) in [5, 5.41) is 3.33. The van der Waals surface area contributed by atoms with Crippen LogP contribution in [0, 0.1) is 0 Å². The SMILES string of the molecule is C=C(CNCC)CN1c2ccccc2CC1C. The maximum Gasteiger partial charge on any atom is 0.0404 e. The van der Waals surface area contributed by atoms with E-state index >= 15 is 0 Å². The molecular formula is C15H22N2. The molecule has 92 valence electrons. The van der Waals surface area contributed by atoms with Crippen molar-refractivity contribution in [1.82, 2.24) is 5.32 Å². The molecule has 0 aliphatic carbocycles. The smallest absolute Gasteiger partial charge is 0.0404 e. The molecule has 0 spiro atoms. The summed E-state index contributed by atoms with van der Waals surface area (Å²) in [7, 11) is 0. The number of para-hydroxylation sites is 1. The molecule has 2 nitrogen and oxygen atoms in total. The van der Waals surface area contributed by atoms with Crippen LogP contribution in [0.2, 0.25) is 0 Å². The van der Waals surface area contributed by atoms with E-state index in [9.17, 15) is 0 Å². The Balaban J connectivity index is 2.04. The number of hydrogen-bond acceptors (Lipinski definition) is 2. The molecule has 0 saturated carbocycles. The molecule has 0 saturated heterocycles. The van der Waals surface area contributed by atoms with Gasteiger partial charge in [-0.1, -0.05) is 31.7 Å². The summed E-state index contributed by atoms with van der Waals surface area (Å²) in [6, 6.07) is 9.29. The third-order valence-electron chi connectivity index (χ3n) is 3.37. The Bertz CT molecular complexity index is 398. The van der Waals surface area contributed by atoms with Crippen LogP contribution < -0.4 is 10.2 Å². The average Bonchev–Trinajstić information content (AvgIpc) is 2.64. The summed E-state index contributed by atoms with van der Waals surface area (Å²) in [6.45, 7) is 11.5. The third kappa shape index (κ3) is 2.70. The van der Waals surface area contributed by atoms with Gasteiger partial charge in [-0.2, -0.15) is 0 Å². The molecular weight excluding hydrogens is 208 g/mol. The Morgan fingerprint density at radius 1 is 1.47 bits per heavy atom. The first-order chi connectivity index (χ1) is 8.22. The number of rotatable bonds is 5. The molecule has 17 heavy (non-hydrogen) atoms. The van der Waals surface area contributed by atoms with Crippen molar-refractivity contribution >= 4 is 5.69 Å². The summed E-state index contributed by atoms with van der Waals surface area (Å²) in [6.07, 6.45) is 1.16. The lowest BCUT2D eigenvalue weighted by molar-refractivity contribution is 0.679. The highest BCUT2D eigenvalue weighted by atomic mass is 15.2. The number of benzene rings is 1. The van der Waals surface area contributed by atoms with Gasteiger partial charge in [-0.3, -0.25) is 0 Å². The van der Waals surface area contributed by atoms with E-state index in [1.54, 1.807) is 0 Å². The predicted molar refractivity (Wildman–Crippen MR) is 74.6 cm³/mol. The van der Waals surface area contributed by atoms with Gasteiger partial charge in [0.1, 0.15) is 0 Å². The zero-order valence-corrected chi connectivity index (χ0v) is 10.9. The van der Waals surface area contributed by atoms with Crippen molar-refractivity contribution in [2.75, 3.05) is 24.5 Å². The lowest BCUT2D eigenvalue weighted by Crippen LogP contribution is -2.33. The average molecular weight is 230 g/mol. The van der Waals surface area contributed by atoms with Crippen molar-refractivity contribution in [3.8, 4) is 0 Å². The molecule has 2 heteroatoms. The lowest BCUT2D eigenvalue weighted by Gasteiger charge is -2.26. The standard InChI is InChI=1S/C15H22N2/c1-4-16-10-12(2)11-17-13(3)9-14-7-5-6-8-15(14)17/h5-8,13,16H,2,4,9-11H2,1,3H3. The quantitative estimate of drug-likeness (QED) is 0.782. The Hall–Kier alpha value is -1.28. The lowest BCUT2D eigenvalue weighted by atomic mass is 10.1. The number of anilines is 1. The summed E-state index contributed by atoms with van der Waals surface area (Å²) in [4.78, 5) is 2.47. The zero-order valence-electron chi connectivity index (χ0n) is 10.9. The minimum Gasteiger partial charge on any atom is -0.364 e. The molecule has 0 radical (unpaired) electrons. The van der Waals surface area contributed by atoms with E-state index in [1.165, 1.54) is 16.8 Å². The van der Waals surface area contributed by atoms with E-state index in [1.807, 2.05) is 0 Å². The van der Waals surface area contributed by atoms with Crippen LogP contribution in [-0.2, 0) is 6.42 Å². The second kappa shape index (κ2) is 5.37. The molecule has 1 N–H and O–H groups in total. The Morgan fingerprint density at radius 3 is 3.00 bits per heavy atom. The zero-order chi connectivity index (χ0) is 12.3. The van der Waals surface area contributed by atoms with Gasteiger partial charge in [-0.25, -0.2) is 0 Å². The van der Waals surface area contributed by atoms with Crippen molar-refractivity contribution in [1.29, 1.82) is 0 Å². The van der Waals surface area contributed by atoms with Crippen molar-refractivity contribution in [2.24, 2.45) is 0 Å². The van der Waals surface area contributed by atoms with Crippen LogP contribution >= 0.6 is 0 Å². The summed E-state index contributed by atoms with van der Waals surface area (Å²) >= 11 is 0. The fourth-order valence-corrected chi connectivity index (χ4v) is 2.47. The molecule has 1 heterocycles. The molecule has 0 amide bonds. The molecule has 1 aromatic carbocycles. The van der Waals surface area contributed by atoms with Crippen molar-refractivity contribution in [3.05, 3.63) is 42.0 Å². The van der Waals surface area contributed by atoms with Crippen LogP contribution in [0.1, 0.15) is 19.4 Å². The normalized spacial score (nSPS) is 18.2. The van der Waals surface area contributed by atoms with Gasteiger partial charge >= 0.3 is 0 Å². The van der Waals surface area contributed by atoms with Gasteiger partial charge in [0.05, 0.1) is 0 Å². The van der Waals surface area contributed by atoms with Crippen LogP contribution in [0.4, 0.5) is 5.69 Å². The van der Waals surface area contributed by atoms with Gasteiger partial charge in [-0.15, -0.1) is 0 Å². The molecule has 0 aromatic heterocycles. The van der Waals surface area contributed by atoms with E-state index in [4.69, 9.17) is 0 Å². The predicted octanol–water partition coefficient (Wildman–Crippen LogP) is 2.60. The highest BCUT2D eigenvalue weighted by Crippen LogP contribution is 2.31. The van der Waals surface area contributed by atoms with Gasteiger partial charge in [0.2, 0.25) is 0 Å². The van der Waals surface area contributed by atoms with Crippen LogP contribution in [0.5, 0.6) is 0 Å². The number of hydrogen-bond donors (Lipinski definition) is 1. The second-order valence-electron chi connectivity index (χ2n) is 4.84. The van der Waals surface area contributed by atoms with E-state index < -0.39 is 0 Å². The van der Waals surface area contributed by atoms with Gasteiger partial charge in [0, 0.05) is 24.8 Å². The maximum absolute atomic E-state index is 4.16. The Labute approximate surface area is 104 Å².